The number of hydrogen-bond donors (Lipinski definition) is 1. The molecule has 1 atom stereocenters. The van der Waals surface area contributed by atoms with Crippen molar-refractivity contribution in [3.8, 4) is 0 Å². The lowest BCUT2D eigenvalue weighted by Gasteiger charge is -2.31. The summed E-state index contributed by atoms with van der Waals surface area (Å²) in [6.07, 6.45) is 3.99. The minimum Gasteiger partial charge on any atom is -0.324 e. The molecule has 1 aromatic carbocycles. The molecule has 0 unspecified atom stereocenters. The molecule has 76 valence electrons. The van der Waals surface area contributed by atoms with Gasteiger partial charge in [0.05, 0.1) is 0 Å². The summed E-state index contributed by atoms with van der Waals surface area (Å²) in [5, 5.41) is 0. The lowest BCUT2D eigenvalue weighted by Crippen LogP contribution is -2.26. The molecule has 1 aliphatic rings. The molecule has 0 bridgehead atoms. The normalized spacial score (nSPS) is 19.1. The van der Waals surface area contributed by atoms with Crippen molar-refractivity contribution in [3.63, 3.8) is 0 Å². The van der Waals surface area contributed by atoms with Crippen molar-refractivity contribution in [2.45, 2.75) is 39.2 Å². The van der Waals surface area contributed by atoms with Crippen LogP contribution in [0.15, 0.2) is 18.2 Å². The van der Waals surface area contributed by atoms with Crippen LogP contribution in [0.4, 0.5) is 0 Å². The van der Waals surface area contributed by atoms with Gasteiger partial charge in [0.25, 0.3) is 0 Å². The summed E-state index contributed by atoms with van der Waals surface area (Å²) in [6.45, 7) is 4.29. The Balaban J connectivity index is 2.21. The quantitative estimate of drug-likeness (QED) is 0.760. The molecular weight excluding hydrogens is 170 g/mol. The molecule has 0 saturated heterocycles. The van der Waals surface area contributed by atoms with Gasteiger partial charge in [0, 0.05) is 6.04 Å². The lowest BCUT2D eigenvalue weighted by atomic mass is 9.77. The Hall–Kier alpha value is -0.820. The molecule has 2 N–H and O–H groups in total. The topological polar surface area (TPSA) is 26.0 Å². The molecule has 0 radical (unpaired) electrons. The van der Waals surface area contributed by atoms with Gasteiger partial charge < -0.3 is 5.73 Å². The molecule has 1 aromatic rings. The van der Waals surface area contributed by atoms with Crippen LogP contribution in [0.3, 0.4) is 0 Å². The summed E-state index contributed by atoms with van der Waals surface area (Å²) in [4.78, 5) is 0. The first kappa shape index (κ1) is 9.72. The van der Waals surface area contributed by atoms with Gasteiger partial charge in [0.1, 0.15) is 0 Å². The fourth-order valence-corrected chi connectivity index (χ4v) is 2.27. The van der Waals surface area contributed by atoms with E-state index >= 15 is 0 Å². The largest absolute Gasteiger partial charge is 0.324 e. The van der Waals surface area contributed by atoms with Gasteiger partial charge in [-0.25, -0.2) is 0 Å². The molecule has 1 fully saturated rings. The second-order valence-electron chi connectivity index (χ2n) is 4.64. The summed E-state index contributed by atoms with van der Waals surface area (Å²) in [5.74, 6) is 0.733. The third-order valence-electron chi connectivity index (χ3n) is 3.29. The highest BCUT2D eigenvalue weighted by Gasteiger charge is 2.25. The van der Waals surface area contributed by atoms with Gasteiger partial charge in [-0.15, -0.1) is 0 Å². The summed E-state index contributed by atoms with van der Waals surface area (Å²) in [7, 11) is 0. The minimum atomic E-state index is 0.266. The highest BCUT2D eigenvalue weighted by Crippen LogP contribution is 2.36. The fourth-order valence-electron chi connectivity index (χ4n) is 2.27. The van der Waals surface area contributed by atoms with E-state index in [1.807, 2.05) is 0 Å². The van der Waals surface area contributed by atoms with E-state index in [9.17, 15) is 0 Å². The van der Waals surface area contributed by atoms with Crippen LogP contribution < -0.4 is 5.73 Å². The average molecular weight is 189 g/mol. The Kier molecular flexibility index (Phi) is 2.60. The van der Waals surface area contributed by atoms with Gasteiger partial charge in [-0.1, -0.05) is 35.7 Å². The maximum Gasteiger partial charge on any atom is 0.0323 e. The highest BCUT2D eigenvalue weighted by atomic mass is 14.7. The summed E-state index contributed by atoms with van der Waals surface area (Å²) < 4.78 is 0. The van der Waals surface area contributed by atoms with Crippen LogP contribution in [-0.2, 0) is 0 Å². The molecule has 0 heterocycles. The number of hydrogen-bond acceptors (Lipinski definition) is 1. The number of rotatable bonds is 2. The predicted molar refractivity (Wildman–Crippen MR) is 60.2 cm³/mol. The van der Waals surface area contributed by atoms with Crippen LogP contribution in [0.5, 0.6) is 0 Å². The van der Waals surface area contributed by atoms with Crippen LogP contribution in [0, 0.1) is 19.8 Å². The van der Waals surface area contributed by atoms with Crippen molar-refractivity contribution in [2.24, 2.45) is 11.7 Å². The number of aryl methyl sites for hydroxylation is 2. The van der Waals surface area contributed by atoms with Crippen LogP contribution in [-0.4, -0.2) is 0 Å². The lowest BCUT2D eigenvalue weighted by molar-refractivity contribution is 0.264. The Morgan fingerprint density at radius 3 is 2.14 bits per heavy atom. The number of nitrogens with two attached hydrogens (primary N) is 1. The molecule has 1 nitrogen and oxygen atoms in total. The van der Waals surface area contributed by atoms with E-state index in [0.717, 1.165) is 5.92 Å². The average Bonchev–Trinajstić information content (AvgIpc) is 1.98. The van der Waals surface area contributed by atoms with Gasteiger partial charge in [0.2, 0.25) is 0 Å². The third kappa shape index (κ3) is 1.83. The van der Waals surface area contributed by atoms with E-state index < -0.39 is 0 Å². The van der Waals surface area contributed by atoms with Gasteiger partial charge in [0.15, 0.2) is 0 Å². The zero-order chi connectivity index (χ0) is 10.1. The number of benzene rings is 1. The third-order valence-corrected chi connectivity index (χ3v) is 3.29. The van der Waals surface area contributed by atoms with Crippen LogP contribution in [0.2, 0.25) is 0 Å². The minimum absolute atomic E-state index is 0.266. The molecule has 0 aliphatic heterocycles. The van der Waals surface area contributed by atoms with Gasteiger partial charge in [-0.2, -0.15) is 0 Å². The van der Waals surface area contributed by atoms with E-state index in [1.54, 1.807) is 0 Å². The molecule has 1 heteroatoms. The van der Waals surface area contributed by atoms with Gasteiger partial charge in [-0.05, 0) is 38.2 Å². The van der Waals surface area contributed by atoms with E-state index in [1.165, 1.54) is 36.0 Å². The molecule has 0 aromatic heterocycles. The Labute approximate surface area is 86.3 Å². The zero-order valence-electron chi connectivity index (χ0n) is 9.09. The van der Waals surface area contributed by atoms with Crippen molar-refractivity contribution in [1.82, 2.24) is 0 Å². The van der Waals surface area contributed by atoms with Crippen molar-refractivity contribution < 1.29 is 0 Å². The van der Waals surface area contributed by atoms with E-state index in [2.05, 4.69) is 32.0 Å². The molecule has 1 aliphatic carbocycles. The zero-order valence-corrected chi connectivity index (χ0v) is 9.09. The van der Waals surface area contributed by atoms with E-state index in [4.69, 9.17) is 5.73 Å². The monoisotopic (exact) mass is 189 g/mol. The fraction of sp³-hybridized carbons (Fsp3) is 0.538. The summed E-state index contributed by atoms with van der Waals surface area (Å²) >= 11 is 0. The molecule has 14 heavy (non-hydrogen) atoms. The first-order chi connectivity index (χ1) is 6.66. The Morgan fingerprint density at radius 2 is 1.71 bits per heavy atom. The van der Waals surface area contributed by atoms with Gasteiger partial charge >= 0.3 is 0 Å². The maximum atomic E-state index is 6.24. The smallest absolute Gasteiger partial charge is 0.0323 e. The SMILES string of the molecule is Cc1cc(C)cc([C@H](N)C2CCC2)c1. The Bertz CT molecular complexity index is 306. The molecule has 1 saturated carbocycles. The van der Waals surface area contributed by atoms with Crippen molar-refractivity contribution in [1.29, 1.82) is 0 Å². The second kappa shape index (κ2) is 3.74. The first-order valence-electron chi connectivity index (χ1n) is 5.50. The standard InChI is InChI=1S/C13H19N/c1-9-6-10(2)8-12(7-9)13(14)11-4-3-5-11/h6-8,11,13H,3-5,14H2,1-2H3/t13-/m1/s1. The summed E-state index contributed by atoms with van der Waals surface area (Å²) in [5.41, 5.74) is 10.2. The van der Waals surface area contributed by atoms with E-state index in [-0.39, 0.29) is 6.04 Å². The first-order valence-corrected chi connectivity index (χ1v) is 5.50. The maximum absolute atomic E-state index is 6.24. The molecule has 2 rings (SSSR count). The van der Waals surface area contributed by atoms with Crippen molar-refractivity contribution in [2.75, 3.05) is 0 Å². The van der Waals surface area contributed by atoms with Gasteiger partial charge in [-0.3, -0.25) is 0 Å². The highest BCUT2D eigenvalue weighted by molar-refractivity contribution is 5.31. The summed E-state index contributed by atoms with van der Waals surface area (Å²) in [6, 6.07) is 6.94. The predicted octanol–water partition coefficient (Wildman–Crippen LogP) is 3.10. The second-order valence-corrected chi connectivity index (χ2v) is 4.64. The van der Waals surface area contributed by atoms with Crippen LogP contribution in [0.25, 0.3) is 0 Å². The van der Waals surface area contributed by atoms with E-state index in [0.29, 0.717) is 0 Å². The molecule has 0 spiro atoms. The van der Waals surface area contributed by atoms with Crippen LogP contribution in [0.1, 0.15) is 42.0 Å². The molecule has 0 amide bonds. The van der Waals surface area contributed by atoms with Crippen LogP contribution >= 0.6 is 0 Å². The molecular formula is C13H19N. The van der Waals surface area contributed by atoms with Crippen molar-refractivity contribution in [3.05, 3.63) is 34.9 Å². The Morgan fingerprint density at radius 1 is 1.14 bits per heavy atom. The van der Waals surface area contributed by atoms with Crippen molar-refractivity contribution >= 4 is 0 Å².